The van der Waals surface area contributed by atoms with Crippen molar-refractivity contribution in [3.63, 3.8) is 0 Å². The van der Waals surface area contributed by atoms with Crippen molar-refractivity contribution in [1.82, 2.24) is 15.5 Å². The van der Waals surface area contributed by atoms with E-state index in [-0.39, 0.29) is 17.5 Å². The Labute approximate surface area is 190 Å². The molecule has 1 N–H and O–H groups in total. The third kappa shape index (κ3) is 5.88. The van der Waals surface area contributed by atoms with E-state index in [4.69, 9.17) is 4.52 Å². The van der Waals surface area contributed by atoms with Gasteiger partial charge in [0.1, 0.15) is 6.04 Å². The van der Waals surface area contributed by atoms with Gasteiger partial charge in [0.25, 0.3) is 5.69 Å². The van der Waals surface area contributed by atoms with Gasteiger partial charge in [-0.1, -0.05) is 65.8 Å². The molecule has 1 unspecified atom stereocenters. The molecule has 0 spiro atoms. The molecule has 1 aromatic heterocycles. The summed E-state index contributed by atoms with van der Waals surface area (Å²) in [5.41, 5.74) is 2.67. The largest absolute Gasteiger partial charge is 0.344 e. The molecule has 0 fully saturated rings. The molecule has 0 aliphatic rings. The van der Waals surface area contributed by atoms with Gasteiger partial charge in [0.05, 0.1) is 4.92 Å². The molecule has 4 rings (SSSR count). The molecule has 0 saturated carbocycles. The second-order valence-electron chi connectivity index (χ2n) is 7.56. The summed E-state index contributed by atoms with van der Waals surface area (Å²) in [6.07, 6.45) is 1.45. The number of carbonyl (C=O) groups is 1. The first kappa shape index (κ1) is 21.9. The van der Waals surface area contributed by atoms with Crippen LogP contribution in [0.5, 0.6) is 0 Å². The van der Waals surface area contributed by atoms with E-state index in [1.165, 1.54) is 12.1 Å². The number of nitro groups is 1. The van der Waals surface area contributed by atoms with Crippen LogP contribution in [-0.4, -0.2) is 21.0 Å². The predicted octanol–water partition coefficient (Wildman–Crippen LogP) is 4.68. The summed E-state index contributed by atoms with van der Waals surface area (Å²) in [4.78, 5) is 27.6. The Morgan fingerprint density at radius 3 is 2.21 bits per heavy atom. The fraction of sp³-hybridized carbons (Fsp3) is 0.160. The summed E-state index contributed by atoms with van der Waals surface area (Å²) >= 11 is 0. The van der Waals surface area contributed by atoms with Crippen LogP contribution in [0.15, 0.2) is 89.5 Å². The first-order valence-electron chi connectivity index (χ1n) is 10.5. The second kappa shape index (κ2) is 10.3. The zero-order valence-electron chi connectivity index (χ0n) is 17.8. The smallest absolute Gasteiger partial charge is 0.269 e. The number of benzene rings is 3. The maximum Gasteiger partial charge on any atom is 0.269 e. The molecule has 0 bridgehead atoms. The minimum atomic E-state index is -0.505. The van der Waals surface area contributed by atoms with Crippen LogP contribution >= 0.6 is 0 Å². The van der Waals surface area contributed by atoms with E-state index in [2.05, 4.69) is 15.5 Å². The van der Waals surface area contributed by atoms with Crippen molar-refractivity contribution in [2.24, 2.45) is 0 Å². The molecular weight excluding hydrogens is 420 g/mol. The summed E-state index contributed by atoms with van der Waals surface area (Å²) in [5, 5.41) is 17.9. The molecule has 0 radical (unpaired) electrons. The molecule has 0 aliphatic heterocycles. The van der Waals surface area contributed by atoms with Gasteiger partial charge in [-0.3, -0.25) is 14.9 Å². The molecule has 0 aliphatic carbocycles. The maximum atomic E-state index is 12.7. The molecule has 166 valence electrons. The first-order valence-corrected chi connectivity index (χ1v) is 10.5. The highest BCUT2D eigenvalue weighted by Gasteiger charge is 2.22. The molecule has 0 saturated heterocycles. The molecule has 1 heterocycles. The number of hydrogen-bond acceptors (Lipinski definition) is 6. The first-order chi connectivity index (χ1) is 16.1. The summed E-state index contributed by atoms with van der Waals surface area (Å²) < 4.78 is 5.49. The number of nitrogens with one attached hydrogen (secondary N) is 1. The Morgan fingerprint density at radius 1 is 0.939 bits per heavy atom. The lowest BCUT2D eigenvalue weighted by molar-refractivity contribution is -0.384. The number of nitro benzene ring substituents is 1. The van der Waals surface area contributed by atoms with Crippen LogP contribution in [0, 0.1) is 10.1 Å². The minimum absolute atomic E-state index is 0.0184. The number of hydrogen-bond donors (Lipinski definition) is 1. The second-order valence-corrected chi connectivity index (χ2v) is 7.56. The quantitative estimate of drug-likeness (QED) is 0.298. The maximum absolute atomic E-state index is 12.7. The van der Waals surface area contributed by atoms with Crippen molar-refractivity contribution in [2.45, 2.75) is 25.3 Å². The Hall–Kier alpha value is -4.33. The molecular formula is C25H22N4O4. The summed E-state index contributed by atoms with van der Waals surface area (Å²) in [6.45, 7) is 0. The lowest BCUT2D eigenvalue weighted by Gasteiger charge is -2.15. The van der Waals surface area contributed by atoms with Gasteiger partial charge in [0, 0.05) is 30.5 Å². The molecule has 1 atom stereocenters. The van der Waals surface area contributed by atoms with Gasteiger partial charge in [-0.2, -0.15) is 4.98 Å². The van der Waals surface area contributed by atoms with E-state index < -0.39 is 11.0 Å². The Bertz CT molecular complexity index is 1210. The fourth-order valence-electron chi connectivity index (χ4n) is 3.45. The number of aromatic nitrogens is 2. The van der Waals surface area contributed by atoms with Crippen molar-refractivity contribution in [1.29, 1.82) is 0 Å². The van der Waals surface area contributed by atoms with Crippen LogP contribution in [0.2, 0.25) is 0 Å². The van der Waals surface area contributed by atoms with Crippen molar-refractivity contribution >= 4 is 11.6 Å². The van der Waals surface area contributed by atoms with Gasteiger partial charge in [0.15, 0.2) is 0 Å². The number of aryl methyl sites for hydroxylation is 1. The Balaban J connectivity index is 1.50. The van der Waals surface area contributed by atoms with Crippen LogP contribution in [0.1, 0.15) is 29.5 Å². The Morgan fingerprint density at radius 2 is 1.58 bits per heavy atom. The summed E-state index contributed by atoms with van der Waals surface area (Å²) in [6, 6.07) is 24.9. The van der Waals surface area contributed by atoms with E-state index in [0.29, 0.717) is 30.7 Å². The van der Waals surface area contributed by atoms with Crippen molar-refractivity contribution in [2.75, 3.05) is 0 Å². The standard InChI is InChI=1S/C25H22N4O4/c30-23(16-11-18-7-3-1-4-8-18)26-22(17-19-9-5-2-6-10-19)25-27-24(28-33-25)20-12-14-21(15-13-20)29(31)32/h1-10,12-15,22H,11,16-17H2,(H,26,30). The topological polar surface area (TPSA) is 111 Å². The zero-order chi connectivity index (χ0) is 23.0. The van der Waals surface area contributed by atoms with E-state index in [9.17, 15) is 14.9 Å². The third-order valence-electron chi connectivity index (χ3n) is 5.18. The number of carbonyl (C=O) groups excluding carboxylic acids is 1. The molecule has 4 aromatic rings. The Kier molecular flexibility index (Phi) is 6.84. The summed E-state index contributed by atoms with van der Waals surface area (Å²) in [7, 11) is 0. The van der Waals surface area contributed by atoms with E-state index in [1.54, 1.807) is 12.1 Å². The monoisotopic (exact) mass is 442 g/mol. The van der Waals surface area contributed by atoms with Gasteiger partial charge in [0.2, 0.25) is 17.6 Å². The van der Waals surface area contributed by atoms with Gasteiger partial charge >= 0.3 is 0 Å². The SMILES string of the molecule is O=C(CCc1ccccc1)NC(Cc1ccccc1)c1nc(-c2ccc([N+](=O)[O-])cc2)no1. The minimum Gasteiger partial charge on any atom is -0.344 e. The number of rotatable bonds is 9. The number of nitrogens with zero attached hydrogens (tertiary/aromatic N) is 3. The zero-order valence-corrected chi connectivity index (χ0v) is 17.8. The number of non-ortho nitro benzene ring substituents is 1. The average molecular weight is 442 g/mol. The van der Waals surface area contributed by atoms with E-state index in [1.807, 2.05) is 60.7 Å². The highest BCUT2D eigenvalue weighted by Crippen LogP contribution is 2.23. The van der Waals surface area contributed by atoms with Gasteiger partial charge in [-0.05, 0) is 29.7 Å². The van der Waals surface area contributed by atoms with Crippen LogP contribution < -0.4 is 5.32 Å². The van der Waals surface area contributed by atoms with Crippen LogP contribution in [0.3, 0.4) is 0 Å². The van der Waals surface area contributed by atoms with Gasteiger partial charge in [-0.15, -0.1) is 0 Å². The van der Waals surface area contributed by atoms with Gasteiger partial charge < -0.3 is 9.84 Å². The number of amides is 1. The van der Waals surface area contributed by atoms with E-state index >= 15 is 0 Å². The predicted molar refractivity (Wildman–Crippen MR) is 122 cm³/mol. The lowest BCUT2D eigenvalue weighted by atomic mass is 10.0. The third-order valence-corrected chi connectivity index (χ3v) is 5.18. The lowest BCUT2D eigenvalue weighted by Crippen LogP contribution is -2.30. The average Bonchev–Trinajstić information content (AvgIpc) is 3.34. The van der Waals surface area contributed by atoms with Crippen molar-refractivity contribution < 1.29 is 14.2 Å². The molecule has 3 aromatic carbocycles. The highest BCUT2D eigenvalue weighted by atomic mass is 16.6. The van der Waals surface area contributed by atoms with Crippen LogP contribution in [0.25, 0.3) is 11.4 Å². The van der Waals surface area contributed by atoms with Crippen LogP contribution in [-0.2, 0) is 17.6 Å². The fourth-order valence-corrected chi connectivity index (χ4v) is 3.45. The molecule has 8 heteroatoms. The molecule has 8 nitrogen and oxygen atoms in total. The van der Waals surface area contributed by atoms with Crippen LogP contribution in [0.4, 0.5) is 5.69 Å². The van der Waals surface area contributed by atoms with E-state index in [0.717, 1.165) is 11.1 Å². The molecule has 33 heavy (non-hydrogen) atoms. The van der Waals surface area contributed by atoms with Crippen molar-refractivity contribution in [3.8, 4) is 11.4 Å². The molecule has 1 amide bonds. The normalized spacial score (nSPS) is 11.6. The highest BCUT2D eigenvalue weighted by molar-refractivity contribution is 5.76. The van der Waals surface area contributed by atoms with Gasteiger partial charge in [-0.25, -0.2) is 0 Å². The summed E-state index contributed by atoms with van der Waals surface area (Å²) in [5.74, 6) is 0.464. The van der Waals surface area contributed by atoms with Crippen molar-refractivity contribution in [3.05, 3.63) is 112 Å².